The Hall–Kier alpha value is -1.75. The van der Waals surface area contributed by atoms with Crippen molar-refractivity contribution in [2.75, 3.05) is 18.8 Å². The molecule has 1 aliphatic heterocycles. The van der Waals surface area contributed by atoms with Gasteiger partial charge in [0.05, 0.1) is 5.56 Å². The van der Waals surface area contributed by atoms with Gasteiger partial charge in [-0.2, -0.15) is 0 Å². The molecule has 1 aliphatic rings. The summed E-state index contributed by atoms with van der Waals surface area (Å²) in [7, 11) is 0. The van der Waals surface area contributed by atoms with E-state index in [4.69, 9.17) is 5.73 Å². The third-order valence-electron chi connectivity index (χ3n) is 3.84. The summed E-state index contributed by atoms with van der Waals surface area (Å²) >= 11 is 0. The van der Waals surface area contributed by atoms with Gasteiger partial charge in [0.25, 0.3) is 5.91 Å². The van der Waals surface area contributed by atoms with Crippen LogP contribution in [0, 0.1) is 5.92 Å². The average Bonchev–Trinajstić information content (AvgIpc) is 2.47. The van der Waals surface area contributed by atoms with Gasteiger partial charge in [-0.1, -0.05) is 26.0 Å². The Morgan fingerprint density at radius 3 is 2.36 bits per heavy atom. The first-order valence-electron chi connectivity index (χ1n) is 7.43. The lowest BCUT2D eigenvalue weighted by atomic mass is 10.0. The fourth-order valence-electron chi connectivity index (χ4n) is 2.46. The molecule has 6 heteroatoms. The first-order valence-corrected chi connectivity index (χ1v) is 7.43. The van der Waals surface area contributed by atoms with Crippen molar-refractivity contribution in [2.24, 2.45) is 5.92 Å². The number of para-hydroxylation sites is 1. The van der Waals surface area contributed by atoms with E-state index in [1.165, 1.54) is 0 Å². The highest BCUT2D eigenvalue weighted by Gasteiger charge is 2.25. The minimum absolute atomic E-state index is 0. The number of amides is 2. The predicted molar refractivity (Wildman–Crippen MR) is 90.0 cm³/mol. The number of hydrogen-bond donors (Lipinski definition) is 2. The summed E-state index contributed by atoms with van der Waals surface area (Å²) in [5.74, 6) is 0.0441. The maximum Gasteiger partial charge on any atom is 0.255 e. The number of nitrogens with one attached hydrogen (secondary N) is 1. The number of anilines is 1. The van der Waals surface area contributed by atoms with Crippen molar-refractivity contribution < 1.29 is 9.59 Å². The van der Waals surface area contributed by atoms with E-state index >= 15 is 0 Å². The Balaban J connectivity index is 0.00000242. The van der Waals surface area contributed by atoms with Crippen molar-refractivity contribution in [2.45, 2.75) is 32.7 Å². The molecule has 0 spiro atoms. The number of nitrogens with zero attached hydrogens (tertiary/aromatic N) is 1. The minimum atomic E-state index is -0.0262. The van der Waals surface area contributed by atoms with E-state index in [0.29, 0.717) is 24.3 Å². The van der Waals surface area contributed by atoms with Gasteiger partial charge in [0.2, 0.25) is 5.91 Å². The zero-order valence-electron chi connectivity index (χ0n) is 13.0. The van der Waals surface area contributed by atoms with Gasteiger partial charge in [-0.05, 0) is 25.0 Å². The normalized spacial score (nSPS) is 15.3. The second-order valence-corrected chi connectivity index (χ2v) is 5.82. The maximum atomic E-state index is 12.4. The van der Waals surface area contributed by atoms with Crippen molar-refractivity contribution in [3.63, 3.8) is 0 Å². The largest absolute Gasteiger partial charge is 0.398 e. The lowest BCUT2D eigenvalue weighted by Gasteiger charge is -2.33. The summed E-state index contributed by atoms with van der Waals surface area (Å²) in [5.41, 5.74) is 6.92. The highest BCUT2D eigenvalue weighted by Crippen LogP contribution is 2.18. The second kappa shape index (κ2) is 8.03. The number of nitrogens with two attached hydrogens (primary N) is 1. The third kappa shape index (κ3) is 4.37. The smallest absolute Gasteiger partial charge is 0.255 e. The van der Waals surface area contributed by atoms with Crippen LogP contribution in [0.25, 0.3) is 0 Å². The van der Waals surface area contributed by atoms with Gasteiger partial charge in [-0.25, -0.2) is 0 Å². The molecule has 1 aromatic carbocycles. The molecule has 1 aromatic rings. The van der Waals surface area contributed by atoms with Crippen molar-refractivity contribution in [1.82, 2.24) is 10.2 Å². The van der Waals surface area contributed by atoms with Gasteiger partial charge in [0.1, 0.15) is 0 Å². The first kappa shape index (κ1) is 18.3. The van der Waals surface area contributed by atoms with E-state index < -0.39 is 0 Å². The summed E-state index contributed by atoms with van der Waals surface area (Å²) in [6.45, 7) is 5.06. The Morgan fingerprint density at radius 2 is 1.82 bits per heavy atom. The summed E-state index contributed by atoms with van der Waals surface area (Å²) in [5, 5.41) is 3.03. The molecule has 0 atom stereocenters. The number of nitrogen functional groups attached to an aromatic ring is 1. The standard InChI is InChI=1S/C16H23N3O2.ClH/c1-11(2)15(20)18-12-7-9-19(10-8-12)16(21)13-5-3-4-6-14(13)17;/h3-6,11-12H,7-10,17H2,1-2H3,(H,18,20);1H. The average molecular weight is 326 g/mol. The van der Waals surface area contributed by atoms with E-state index in [-0.39, 0.29) is 36.2 Å². The molecule has 0 unspecified atom stereocenters. The number of benzene rings is 1. The zero-order valence-corrected chi connectivity index (χ0v) is 13.9. The highest BCUT2D eigenvalue weighted by atomic mass is 35.5. The molecule has 3 N–H and O–H groups in total. The minimum Gasteiger partial charge on any atom is -0.398 e. The summed E-state index contributed by atoms with van der Waals surface area (Å²) < 4.78 is 0. The fraction of sp³-hybridized carbons (Fsp3) is 0.500. The van der Waals surface area contributed by atoms with E-state index in [2.05, 4.69) is 5.32 Å². The van der Waals surface area contributed by atoms with Crippen LogP contribution in [0.2, 0.25) is 0 Å². The maximum absolute atomic E-state index is 12.4. The van der Waals surface area contributed by atoms with E-state index in [0.717, 1.165) is 12.8 Å². The van der Waals surface area contributed by atoms with Crippen LogP contribution in [0.15, 0.2) is 24.3 Å². The molecule has 1 saturated heterocycles. The number of halogens is 1. The lowest BCUT2D eigenvalue weighted by molar-refractivity contribution is -0.124. The molecule has 2 rings (SSSR count). The quantitative estimate of drug-likeness (QED) is 0.835. The van der Waals surface area contributed by atoms with E-state index in [1.54, 1.807) is 12.1 Å². The van der Waals surface area contributed by atoms with Crippen LogP contribution in [0.3, 0.4) is 0 Å². The Labute approximate surface area is 137 Å². The monoisotopic (exact) mass is 325 g/mol. The Bertz CT molecular complexity index is 526. The van der Waals surface area contributed by atoms with E-state index in [9.17, 15) is 9.59 Å². The van der Waals surface area contributed by atoms with Crippen molar-refractivity contribution in [3.8, 4) is 0 Å². The summed E-state index contributed by atoms with van der Waals surface area (Å²) in [4.78, 5) is 25.9. The number of likely N-dealkylation sites (tertiary alicyclic amines) is 1. The second-order valence-electron chi connectivity index (χ2n) is 5.82. The van der Waals surface area contributed by atoms with Crippen molar-refractivity contribution in [3.05, 3.63) is 29.8 Å². The Kier molecular flexibility index (Phi) is 6.68. The number of carbonyl (C=O) groups excluding carboxylic acids is 2. The molecule has 0 saturated carbocycles. The fourth-order valence-corrected chi connectivity index (χ4v) is 2.46. The number of hydrogen-bond acceptors (Lipinski definition) is 3. The number of rotatable bonds is 3. The molecule has 1 heterocycles. The van der Waals surface area contributed by atoms with Gasteiger partial charge in [-0.15, -0.1) is 12.4 Å². The predicted octanol–water partition coefficient (Wildman–Crippen LogP) is 2.07. The SMILES string of the molecule is CC(C)C(=O)NC1CCN(C(=O)c2ccccc2N)CC1.Cl. The van der Waals surface area contributed by atoms with Crippen LogP contribution in [-0.2, 0) is 4.79 Å². The topological polar surface area (TPSA) is 75.4 Å². The third-order valence-corrected chi connectivity index (χ3v) is 3.84. The van der Waals surface area contributed by atoms with Crippen LogP contribution in [-0.4, -0.2) is 35.8 Å². The molecular weight excluding hydrogens is 302 g/mol. The van der Waals surface area contributed by atoms with E-state index in [1.807, 2.05) is 30.9 Å². The summed E-state index contributed by atoms with van der Waals surface area (Å²) in [6, 6.07) is 7.30. The molecule has 5 nitrogen and oxygen atoms in total. The first-order chi connectivity index (χ1) is 9.99. The molecule has 0 aliphatic carbocycles. The van der Waals surface area contributed by atoms with Gasteiger partial charge in [0, 0.05) is 30.7 Å². The number of carbonyl (C=O) groups is 2. The molecule has 0 aromatic heterocycles. The lowest BCUT2D eigenvalue weighted by Crippen LogP contribution is -2.47. The molecule has 22 heavy (non-hydrogen) atoms. The highest BCUT2D eigenvalue weighted by molar-refractivity contribution is 5.99. The van der Waals surface area contributed by atoms with Gasteiger partial charge < -0.3 is 16.0 Å². The van der Waals surface area contributed by atoms with Crippen LogP contribution in [0.5, 0.6) is 0 Å². The summed E-state index contributed by atoms with van der Waals surface area (Å²) in [6.07, 6.45) is 1.58. The Morgan fingerprint density at radius 1 is 1.23 bits per heavy atom. The van der Waals surface area contributed by atoms with Crippen molar-refractivity contribution >= 4 is 29.9 Å². The molecule has 1 fully saturated rings. The van der Waals surface area contributed by atoms with Gasteiger partial charge >= 0.3 is 0 Å². The van der Waals surface area contributed by atoms with Crippen LogP contribution in [0.1, 0.15) is 37.0 Å². The molecule has 0 radical (unpaired) electrons. The van der Waals surface area contributed by atoms with Gasteiger partial charge in [-0.3, -0.25) is 9.59 Å². The molecular formula is C16H24ClN3O2. The van der Waals surface area contributed by atoms with Crippen LogP contribution in [0.4, 0.5) is 5.69 Å². The van der Waals surface area contributed by atoms with Crippen LogP contribution >= 0.6 is 12.4 Å². The number of piperidine rings is 1. The zero-order chi connectivity index (χ0) is 15.4. The molecule has 122 valence electrons. The van der Waals surface area contributed by atoms with Gasteiger partial charge in [0.15, 0.2) is 0 Å². The van der Waals surface area contributed by atoms with Crippen molar-refractivity contribution in [1.29, 1.82) is 0 Å². The molecule has 0 bridgehead atoms. The molecule has 2 amide bonds. The van der Waals surface area contributed by atoms with Crippen LogP contribution < -0.4 is 11.1 Å².